The van der Waals surface area contributed by atoms with Gasteiger partial charge in [0.15, 0.2) is 0 Å². The van der Waals surface area contributed by atoms with Crippen LogP contribution < -0.4 is 5.32 Å². The summed E-state index contributed by atoms with van der Waals surface area (Å²) in [5, 5.41) is 3.09. The molecule has 0 saturated heterocycles. The summed E-state index contributed by atoms with van der Waals surface area (Å²) in [5.41, 5.74) is 3.36. The van der Waals surface area contributed by atoms with Gasteiger partial charge in [0, 0.05) is 16.3 Å². The van der Waals surface area contributed by atoms with E-state index in [1.54, 1.807) is 11.3 Å². The fourth-order valence-electron chi connectivity index (χ4n) is 2.71. The molecule has 0 saturated carbocycles. The normalized spacial score (nSPS) is 12.4. The lowest BCUT2D eigenvalue weighted by Crippen LogP contribution is -2.34. The van der Waals surface area contributed by atoms with E-state index in [0.29, 0.717) is 6.54 Å². The van der Waals surface area contributed by atoms with Crippen LogP contribution >= 0.6 is 11.3 Å². The molecular weight excluding hydrogens is 304 g/mol. The maximum Gasteiger partial charge on any atom is 0.252 e. The van der Waals surface area contributed by atoms with E-state index in [4.69, 9.17) is 0 Å². The molecule has 23 heavy (non-hydrogen) atoms. The molecule has 3 nitrogen and oxygen atoms in total. The summed E-state index contributed by atoms with van der Waals surface area (Å²) < 4.78 is 0. The zero-order valence-corrected chi connectivity index (χ0v) is 15.5. The van der Waals surface area contributed by atoms with Crippen LogP contribution in [0.2, 0.25) is 0 Å². The lowest BCUT2D eigenvalue weighted by atomic mass is 10.0. The van der Waals surface area contributed by atoms with Crippen LogP contribution in [-0.4, -0.2) is 31.4 Å². The van der Waals surface area contributed by atoms with Gasteiger partial charge < -0.3 is 10.2 Å². The molecule has 0 radical (unpaired) electrons. The molecule has 2 rings (SSSR count). The third kappa shape index (κ3) is 4.43. The fourth-order valence-corrected chi connectivity index (χ4v) is 3.64. The largest absolute Gasteiger partial charge is 0.350 e. The maximum absolute atomic E-state index is 12.4. The van der Waals surface area contributed by atoms with Crippen molar-refractivity contribution in [1.82, 2.24) is 10.2 Å². The van der Waals surface area contributed by atoms with Gasteiger partial charge in [0.2, 0.25) is 0 Å². The Hall–Kier alpha value is -1.65. The highest BCUT2D eigenvalue weighted by atomic mass is 32.1. The van der Waals surface area contributed by atoms with Gasteiger partial charge in [0.25, 0.3) is 5.91 Å². The number of aryl methyl sites for hydroxylation is 3. The van der Waals surface area contributed by atoms with Gasteiger partial charge in [-0.05, 0) is 51.6 Å². The Labute approximate surface area is 143 Å². The summed E-state index contributed by atoms with van der Waals surface area (Å²) >= 11 is 1.67. The minimum Gasteiger partial charge on any atom is -0.350 e. The van der Waals surface area contributed by atoms with Crippen molar-refractivity contribution in [1.29, 1.82) is 0 Å². The van der Waals surface area contributed by atoms with Gasteiger partial charge in [-0.25, -0.2) is 0 Å². The van der Waals surface area contributed by atoms with E-state index in [1.165, 1.54) is 16.0 Å². The number of amides is 1. The van der Waals surface area contributed by atoms with Crippen molar-refractivity contribution in [3.8, 4) is 0 Å². The van der Waals surface area contributed by atoms with Crippen LogP contribution in [0.15, 0.2) is 30.3 Å². The van der Waals surface area contributed by atoms with Crippen molar-refractivity contribution in [2.24, 2.45) is 0 Å². The van der Waals surface area contributed by atoms with Crippen LogP contribution in [0.1, 0.15) is 44.2 Å². The number of thiophene rings is 1. The third-order valence-electron chi connectivity index (χ3n) is 4.14. The summed E-state index contributed by atoms with van der Waals surface area (Å²) in [5.74, 6) is 0.0175. The van der Waals surface area contributed by atoms with Gasteiger partial charge in [0.05, 0.1) is 11.6 Å². The molecule has 1 aromatic carbocycles. The Morgan fingerprint density at radius 3 is 2.35 bits per heavy atom. The molecule has 2 aromatic rings. The number of carbonyl (C=O) groups is 1. The minimum absolute atomic E-state index is 0.0175. The second-order valence-electron chi connectivity index (χ2n) is 6.11. The van der Waals surface area contributed by atoms with Crippen LogP contribution in [0.25, 0.3) is 0 Å². The van der Waals surface area contributed by atoms with E-state index in [9.17, 15) is 4.79 Å². The van der Waals surface area contributed by atoms with E-state index in [2.05, 4.69) is 41.4 Å². The quantitative estimate of drug-likeness (QED) is 0.869. The first kappa shape index (κ1) is 17.7. The van der Waals surface area contributed by atoms with Crippen molar-refractivity contribution in [2.45, 2.75) is 33.2 Å². The highest BCUT2D eigenvalue weighted by Crippen LogP contribution is 2.22. The van der Waals surface area contributed by atoms with E-state index in [-0.39, 0.29) is 11.9 Å². The SMILES string of the molecule is CCc1ccc([C@@H](CNC(=O)c2cc(C)sc2C)N(C)C)cc1. The molecule has 124 valence electrons. The first-order valence-corrected chi connectivity index (χ1v) is 8.84. The number of likely N-dealkylation sites (N-methyl/N-ethyl adjacent to an activating group) is 1. The lowest BCUT2D eigenvalue weighted by Gasteiger charge is -2.25. The van der Waals surface area contributed by atoms with Crippen LogP contribution in [0.3, 0.4) is 0 Å². The summed E-state index contributed by atoms with van der Waals surface area (Å²) in [6, 6.07) is 10.8. The van der Waals surface area contributed by atoms with Gasteiger partial charge in [-0.15, -0.1) is 11.3 Å². The second-order valence-corrected chi connectivity index (χ2v) is 7.57. The Morgan fingerprint density at radius 1 is 1.22 bits per heavy atom. The molecule has 0 aliphatic carbocycles. The Bertz CT molecular complexity index is 659. The molecule has 0 spiro atoms. The molecule has 1 aromatic heterocycles. The van der Waals surface area contributed by atoms with Gasteiger partial charge in [-0.1, -0.05) is 31.2 Å². The first-order chi connectivity index (χ1) is 10.9. The smallest absolute Gasteiger partial charge is 0.252 e. The molecule has 0 fully saturated rings. The lowest BCUT2D eigenvalue weighted by molar-refractivity contribution is 0.0942. The Balaban J connectivity index is 2.07. The minimum atomic E-state index is 0.0175. The van der Waals surface area contributed by atoms with Crippen LogP contribution in [0.4, 0.5) is 0 Å². The van der Waals surface area contributed by atoms with E-state index in [1.807, 2.05) is 34.0 Å². The highest BCUT2D eigenvalue weighted by Gasteiger charge is 2.17. The average Bonchev–Trinajstić information content (AvgIpc) is 2.86. The monoisotopic (exact) mass is 330 g/mol. The van der Waals surface area contributed by atoms with Gasteiger partial charge in [0.1, 0.15) is 0 Å². The van der Waals surface area contributed by atoms with E-state index >= 15 is 0 Å². The zero-order chi connectivity index (χ0) is 17.0. The number of carbonyl (C=O) groups excluding carboxylic acids is 1. The predicted molar refractivity (Wildman–Crippen MR) is 98.4 cm³/mol. The average molecular weight is 330 g/mol. The molecule has 1 amide bonds. The van der Waals surface area contributed by atoms with Crippen molar-refractivity contribution in [3.63, 3.8) is 0 Å². The third-order valence-corrected chi connectivity index (χ3v) is 5.10. The van der Waals surface area contributed by atoms with Crippen molar-refractivity contribution in [3.05, 3.63) is 56.8 Å². The second kappa shape index (κ2) is 7.75. The molecule has 4 heteroatoms. The highest BCUT2D eigenvalue weighted by molar-refractivity contribution is 7.12. The van der Waals surface area contributed by atoms with Crippen molar-refractivity contribution in [2.75, 3.05) is 20.6 Å². The van der Waals surface area contributed by atoms with Gasteiger partial charge in [-0.3, -0.25) is 4.79 Å². The molecule has 0 bridgehead atoms. The summed E-state index contributed by atoms with van der Waals surface area (Å²) in [6.45, 7) is 6.79. The van der Waals surface area contributed by atoms with Gasteiger partial charge in [-0.2, -0.15) is 0 Å². The molecule has 0 unspecified atom stereocenters. The standard InChI is InChI=1S/C19H26N2OS/c1-6-15-7-9-16(10-8-15)18(21(4)5)12-20-19(22)17-11-13(2)23-14(17)3/h7-11,18H,6,12H2,1-5H3,(H,20,22)/t18-/m1/s1. The van der Waals surface area contributed by atoms with Crippen LogP contribution in [-0.2, 0) is 6.42 Å². The zero-order valence-electron chi connectivity index (χ0n) is 14.6. The van der Waals surface area contributed by atoms with Crippen LogP contribution in [0, 0.1) is 13.8 Å². The molecular formula is C19H26N2OS. The molecule has 1 heterocycles. The molecule has 1 atom stereocenters. The predicted octanol–water partition coefficient (Wildman–Crippen LogP) is 3.96. The number of hydrogen-bond acceptors (Lipinski definition) is 3. The topological polar surface area (TPSA) is 32.3 Å². The Kier molecular flexibility index (Phi) is 5.97. The summed E-state index contributed by atoms with van der Waals surface area (Å²) in [4.78, 5) is 16.8. The number of nitrogens with zero attached hydrogens (tertiary/aromatic N) is 1. The van der Waals surface area contributed by atoms with E-state index < -0.39 is 0 Å². The number of nitrogens with one attached hydrogen (secondary N) is 1. The number of hydrogen-bond donors (Lipinski definition) is 1. The summed E-state index contributed by atoms with van der Waals surface area (Å²) in [7, 11) is 4.09. The molecule has 0 aliphatic heterocycles. The molecule has 1 N–H and O–H groups in total. The van der Waals surface area contributed by atoms with E-state index in [0.717, 1.165) is 16.9 Å². The number of rotatable bonds is 6. The molecule has 0 aliphatic rings. The summed E-state index contributed by atoms with van der Waals surface area (Å²) in [6.07, 6.45) is 1.04. The Morgan fingerprint density at radius 2 is 1.87 bits per heavy atom. The first-order valence-electron chi connectivity index (χ1n) is 8.02. The maximum atomic E-state index is 12.4. The fraction of sp³-hybridized carbons (Fsp3) is 0.421. The number of benzene rings is 1. The van der Waals surface area contributed by atoms with Gasteiger partial charge >= 0.3 is 0 Å². The van der Waals surface area contributed by atoms with Crippen molar-refractivity contribution >= 4 is 17.2 Å². The van der Waals surface area contributed by atoms with Crippen LogP contribution in [0.5, 0.6) is 0 Å². The van der Waals surface area contributed by atoms with Crippen molar-refractivity contribution < 1.29 is 4.79 Å².